The lowest BCUT2D eigenvalue weighted by Crippen LogP contribution is -1.97. The number of nitrogens with zero attached hydrogens (tertiary/aromatic N) is 5. The van der Waals surface area contributed by atoms with E-state index < -0.39 is 0 Å². The first-order chi connectivity index (χ1) is 24.2. The molecule has 3 aromatic heterocycles. The maximum absolute atomic E-state index is 5.15. The molecule has 232 valence electrons. The second-order valence-corrected chi connectivity index (χ2v) is 11.9. The third kappa shape index (κ3) is 6.51. The number of rotatable bonds is 7. The van der Waals surface area contributed by atoms with Crippen molar-refractivity contribution < 1.29 is 0 Å². The molecule has 0 saturated heterocycles. The Hall–Kier alpha value is -6.59. The summed E-state index contributed by atoms with van der Waals surface area (Å²) in [5.41, 5.74) is 13.1. The van der Waals surface area contributed by atoms with Crippen molar-refractivity contribution in [2.24, 2.45) is 0 Å². The van der Waals surface area contributed by atoms with Gasteiger partial charge in [-0.3, -0.25) is 4.98 Å². The first kappa shape index (κ1) is 29.8. The summed E-state index contributed by atoms with van der Waals surface area (Å²) < 4.78 is 0. The Morgan fingerprint density at radius 2 is 0.796 bits per heavy atom. The SMILES string of the molecule is Cc1cccc(-c2ccc(-c3cc(-c4ccc(-c5ncccn5)cc4)cc(-c4nc(-c5ccccc5)cc(-c5ccccc5)n4)c3)cc2)n1. The van der Waals surface area contributed by atoms with Crippen LogP contribution in [0.3, 0.4) is 0 Å². The number of hydrogen-bond acceptors (Lipinski definition) is 5. The Kier molecular flexibility index (Phi) is 8.06. The number of aromatic nitrogens is 5. The minimum Gasteiger partial charge on any atom is -0.253 e. The molecule has 3 heterocycles. The van der Waals surface area contributed by atoms with Gasteiger partial charge in [0.15, 0.2) is 11.6 Å². The van der Waals surface area contributed by atoms with Gasteiger partial charge < -0.3 is 0 Å². The lowest BCUT2D eigenvalue weighted by atomic mass is 9.94. The molecular formula is C44H31N5. The largest absolute Gasteiger partial charge is 0.253 e. The topological polar surface area (TPSA) is 64.5 Å². The second-order valence-electron chi connectivity index (χ2n) is 11.9. The van der Waals surface area contributed by atoms with Crippen molar-refractivity contribution >= 4 is 0 Å². The molecule has 0 aliphatic carbocycles. The van der Waals surface area contributed by atoms with Crippen LogP contribution in [0, 0.1) is 6.92 Å². The third-order valence-electron chi connectivity index (χ3n) is 8.50. The number of hydrogen-bond donors (Lipinski definition) is 0. The van der Waals surface area contributed by atoms with Crippen LogP contribution < -0.4 is 0 Å². The van der Waals surface area contributed by atoms with E-state index in [2.05, 4.69) is 107 Å². The molecule has 5 aromatic carbocycles. The van der Waals surface area contributed by atoms with Gasteiger partial charge in [0.25, 0.3) is 0 Å². The average molecular weight is 630 g/mol. The number of pyridine rings is 1. The smallest absolute Gasteiger partial charge is 0.160 e. The molecule has 0 saturated carbocycles. The molecule has 5 nitrogen and oxygen atoms in total. The molecule has 0 bridgehead atoms. The van der Waals surface area contributed by atoms with E-state index in [-0.39, 0.29) is 0 Å². The summed E-state index contributed by atoms with van der Waals surface area (Å²) >= 11 is 0. The van der Waals surface area contributed by atoms with E-state index in [0.29, 0.717) is 11.6 Å². The molecule has 0 aliphatic heterocycles. The number of aryl methyl sites for hydroxylation is 1. The van der Waals surface area contributed by atoms with Gasteiger partial charge in [0.2, 0.25) is 0 Å². The summed E-state index contributed by atoms with van der Waals surface area (Å²) in [6.07, 6.45) is 3.53. The van der Waals surface area contributed by atoms with Crippen molar-refractivity contribution in [1.29, 1.82) is 0 Å². The van der Waals surface area contributed by atoms with Gasteiger partial charge in [-0.25, -0.2) is 19.9 Å². The van der Waals surface area contributed by atoms with Gasteiger partial charge in [-0.15, -0.1) is 0 Å². The molecule has 49 heavy (non-hydrogen) atoms. The molecule has 0 unspecified atom stereocenters. The van der Waals surface area contributed by atoms with Crippen LogP contribution in [0.25, 0.3) is 78.8 Å². The molecular weight excluding hydrogens is 599 g/mol. The van der Waals surface area contributed by atoms with Crippen molar-refractivity contribution in [2.45, 2.75) is 6.92 Å². The molecule has 0 spiro atoms. The van der Waals surface area contributed by atoms with Crippen LogP contribution in [-0.4, -0.2) is 24.9 Å². The molecule has 0 radical (unpaired) electrons. The monoisotopic (exact) mass is 629 g/mol. The maximum atomic E-state index is 5.15. The van der Waals surface area contributed by atoms with E-state index in [1.165, 1.54) is 0 Å². The quantitative estimate of drug-likeness (QED) is 0.175. The molecule has 8 aromatic rings. The highest BCUT2D eigenvalue weighted by atomic mass is 14.9. The van der Waals surface area contributed by atoms with Gasteiger partial charge in [0.1, 0.15) is 0 Å². The highest BCUT2D eigenvalue weighted by Gasteiger charge is 2.14. The van der Waals surface area contributed by atoms with Gasteiger partial charge in [-0.1, -0.05) is 115 Å². The Bertz CT molecular complexity index is 2300. The summed E-state index contributed by atoms with van der Waals surface area (Å²) in [7, 11) is 0. The fraction of sp³-hybridized carbons (Fsp3) is 0.0227. The van der Waals surface area contributed by atoms with Crippen LogP contribution >= 0.6 is 0 Å². The molecule has 0 fully saturated rings. The summed E-state index contributed by atoms with van der Waals surface area (Å²) in [6, 6.07) is 54.2. The van der Waals surface area contributed by atoms with Crippen molar-refractivity contribution in [3.63, 3.8) is 0 Å². The fourth-order valence-electron chi connectivity index (χ4n) is 5.98. The van der Waals surface area contributed by atoms with E-state index in [1.54, 1.807) is 12.4 Å². The summed E-state index contributed by atoms with van der Waals surface area (Å²) in [5.74, 6) is 1.37. The predicted octanol–water partition coefficient (Wildman–Crippen LogP) is 10.6. The maximum Gasteiger partial charge on any atom is 0.160 e. The third-order valence-corrected chi connectivity index (χ3v) is 8.50. The number of benzene rings is 5. The minimum absolute atomic E-state index is 0.665. The highest BCUT2D eigenvalue weighted by molar-refractivity contribution is 5.82. The van der Waals surface area contributed by atoms with E-state index >= 15 is 0 Å². The average Bonchev–Trinajstić information content (AvgIpc) is 3.19. The molecule has 0 N–H and O–H groups in total. The molecule has 8 rings (SSSR count). The van der Waals surface area contributed by atoms with E-state index in [4.69, 9.17) is 15.0 Å². The van der Waals surface area contributed by atoms with E-state index in [9.17, 15) is 0 Å². The van der Waals surface area contributed by atoms with Crippen LogP contribution in [-0.2, 0) is 0 Å². The van der Waals surface area contributed by atoms with Gasteiger partial charge in [0, 0.05) is 45.9 Å². The minimum atomic E-state index is 0.665. The fourth-order valence-corrected chi connectivity index (χ4v) is 5.98. The Labute approximate surface area is 285 Å². The molecule has 0 atom stereocenters. The second kappa shape index (κ2) is 13.3. The van der Waals surface area contributed by atoms with Crippen molar-refractivity contribution in [3.05, 3.63) is 176 Å². The molecule has 0 amide bonds. The molecule has 5 heteroatoms. The molecule has 0 aliphatic rings. The zero-order valence-corrected chi connectivity index (χ0v) is 26.9. The first-order valence-corrected chi connectivity index (χ1v) is 16.2. The standard InChI is InChI=1S/C44H31N5/c1-30-10-8-15-40(47-30)35-20-16-31(17-21-35)37-26-38(32-18-22-36(23-19-32)43-45-24-9-25-46-43)28-39(27-37)44-48-41(33-11-4-2-5-12-33)29-42(49-44)34-13-6-3-7-14-34/h2-29H,1H3. The zero-order chi connectivity index (χ0) is 33.0. The van der Waals surface area contributed by atoms with E-state index in [0.717, 1.165) is 72.8 Å². The lowest BCUT2D eigenvalue weighted by Gasteiger charge is -2.13. The lowest BCUT2D eigenvalue weighted by molar-refractivity contribution is 1.18. The zero-order valence-electron chi connectivity index (χ0n) is 26.9. The van der Waals surface area contributed by atoms with Crippen LogP contribution in [0.4, 0.5) is 0 Å². The van der Waals surface area contributed by atoms with Gasteiger partial charge in [-0.2, -0.15) is 0 Å². The Balaban J connectivity index is 1.27. The Morgan fingerprint density at radius 3 is 1.35 bits per heavy atom. The van der Waals surface area contributed by atoms with Crippen LogP contribution in [0.5, 0.6) is 0 Å². The normalized spacial score (nSPS) is 11.0. The predicted molar refractivity (Wildman–Crippen MR) is 198 cm³/mol. The van der Waals surface area contributed by atoms with E-state index in [1.807, 2.05) is 67.6 Å². The van der Waals surface area contributed by atoms with Gasteiger partial charge in [0.05, 0.1) is 17.1 Å². The summed E-state index contributed by atoms with van der Waals surface area (Å²) in [5, 5.41) is 0. The van der Waals surface area contributed by atoms with Crippen molar-refractivity contribution in [1.82, 2.24) is 24.9 Å². The van der Waals surface area contributed by atoms with Crippen molar-refractivity contribution in [3.8, 4) is 78.8 Å². The van der Waals surface area contributed by atoms with Crippen molar-refractivity contribution in [2.75, 3.05) is 0 Å². The van der Waals surface area contributed by atoms with Crippen LogP contribution in [0.1, 0.15) is 5.69 Å². The van der Waals surface area contributed by atoms with Gasteiger partial charge in [-0.05, 0) is 71.6 Å². The van der Waals surface area contributed by atoms with Crippen LogP contribution in [0.2, 0.25) is 0 Å². The highest BCUT2D eigenvalue weighted by Crippen LogP contribution is 2.35. The summed E-state index contributed by atoms with van der Waals surface area (Å²) in [6.45, 7) is 2.02. The first-order valence-electron chi connectivity index (χ1n) is 16.2. The Morgan fingerprint density at radius 1 is 0.306 bits per heavy atom. The van der Waals surface area contributed by atoms with Crippen LogP contribution in [0.15, 0.2) is 170 Å². The summed E-state index contributed by atoms with van der Waals surface area (Å²) in [4.78, 5) is 23.9. The van der Waals surface area contributed by atoms with Gasteiger partial charge >= 0.3 is 0 Å².